The van der Waals surface area contributed by atoms with Gasteiger partial charge in [-0.2, -0.15) is 0 Å². The Morgan fingerprint density at radius 3 is 2.88 bits per heavy atom. The third kappa shape index (κ3) is 2.86. The topological polar surface area (TPSA) is 55.1 Å². The summed E-state index contributed by atoms with van der Waals surface area (Å²) in [6.45, 7) is 7.46. The molecule has 0 aliphatic heterocycles. The maximum atomic E-state index is 11.9. The van der Waals surface area contributed by atoms with Crippen LogP contribution in [-0.4, -0.2) is 11.9 Å². The largest absolute Gasteiger partial charge is 0.398 e. The number of nitrogens with one attached hydrogen (secondary N) is 1. The van der Waals surface area contributed by atoms with Crippen LogP contribution in [0, 0.1) is 6.92 Å². The fourth-order valence-electron chi connectivity index (χ4n) is 1.61. The molecule has 0 bridgehead atoms. The van der Waals surface area contributed by atoms with Gasteiger partial charge in [0.25, 0.3) is 5.91 Å². The fraction of sp³-hybridized carbons (Fsp3) is 0.308. The van der Waals surface area contributed by atoms with E-state index in [0.29, 0.717) is 11.3 Å². The molecule has 0 radical (unpaired) electrons. The summed E-state index contributed by atoms with van der Waals surface area (Å²) in [6.07, 6.45) is 2.53. The highest BCUT2D eigenvalue weighted by Gasteiger charge is 2.13. The molecule has 86 valence electrons. The Morgan fingerprint density at radius 2 is 2.31 bits per heavy atom. The van der Waals surface area contributed by atoms with E-state index in [4.69, 9.17) is 5.73 Å². The predicted octanol–water partition coefficient (Wildman–Crippen LogP) is 2.27. The first kappa shape index (κ1) is 12.3. The van der Waals surface area contributed by atoms with Crippen LogP contribution in [-0.2, 0) is 0 Å². The number of hydrogen-bond acceptors (Lipinski definition) is 2. The Hall–Kier alpha value is -1.77. The zero-order chi connectivity index (χ0) is 12.1. The monoisotopic (exact) mass is 218 g/mol. The number of aryl methyl sites for hydroxylation is 1. The SMILES string of the molecule is C=CCC(C)NC(=O)c1c(C)cccc1N. The predicted molar refractivity (Wildman–Crippen MR) is 67.3 cm³/mol. The van der Waals surface area contributed by atoms with Gasteiger partial charge >= 0.3 is 0 Å². The Bertz CT molecular complexity index is 379. The van der Waals surface area contributed by atoms with Crippen molar-refractivity contribution in [1.29, 1.82) is 0 Å². The maximum absolute atomic E-state index is 11.9. The zero-order valence-electron chi connectivity index (χ0n) is 9.79. The van der Waals surface area contributed by atoms with Gasteiger partial charge in [0.1, 0.15) is 0 Å². The number of benzene rings is 1. The van der Waals surface area contributed by atoms with Gasteiger partial charge < -0.3 is 11.1 Å². The molecule has 1 aromatic carbocycles. The van der Waals surface area contributed by atoms with E-state index in [-0.39, 0.29) is 11.9 Å². The van der Waals surface area contributed by atoms with Crippen LogP contribution in [0.4, 0.5) is 5.69 Å². The number of amides is 1. The first-order valence-corrected chi connectivity index (χ1v) is 5.33. The summed E-state index contributed by atoms with van der Waals surface area (Å²) in [5.74, 6) is -0.120. The number of carbonyl (C=O) groups is 1. The van der Waals surface area contributed by atoms with E-state index >= 15 is 0 Å². The van der Waals surface area contributed by atoms with Crippen molar-refractivity contribution in [3.8, 4) is 0 Å². The molecule has 3 heteroatoms. The summed E-state index contributed by atoms with van der Waals surface area (Å²) in [7, 11) is 0. The summed E-state index contributed by atoms with van der Waals surface area (Å²) < 4.78 is 0. The first-order valence-electron chi connectivity index (χ1n) is 5.33. The molecule has 0 spiro atoms. The highest BCUT2D eigenvalue weighted by molar-refractivity contribution is 6.00. The van der Waals surface area contributed by atoms with Gasteiger partial charge in [0.15, 0.2) is 0 Å². The molecule has 1 amide bonds. The minimum absolute atomic E-state index is 0.0732. The van der Waals surface area contributed by atoms with Gasteiger partial charge in [-0.15, -0.1) is 6.58 Å². The molecular weight excluding hydrogens is 200 g/mol. The third-order valence-electron chi connectivity index (χ3n) is 2.43. The van der Waals surface area contributed by atoms with Crippen LogP contribution < -0.4 is 11.1 Å². The van der Waals surface area contributed by atoms with Crippen molar-refractivity contribution in [2.75, 3.05) is 5.73 Å². The molecule has 1 unspecified atom stereocenters. The number of anilines is 1. The van der Waals surface area contributed by atoms with E-state index in [0.717, 1.165) is 12.0 Å². The lowest BCUT2D eigenvalue weighted by molar-refractivity contribution is 0.0941. The number of carbonyl (C=O) groups excluding carboxylic acids is 1. The molecule has 1 atom stereocenters. The molecule has 3 N–H and O–H groups in total. The maximum Gasteiger partial charge on any atom is 0.253 e. The van der Waals surface area contributed by atoms with Crippen LogP contribution in [0.5, 0.6) is 0 Å². The molecule has 0 aliphatic carbocycles. The normalized spacial score (nSPS) is 11.9. The highest BCUT2D eigenvalue weighted by Crippen LogP contribution is 2.16. The van der Waals surface area contributed by atoms with Crippen molar-refractivity contribution >= 4 is 11.6 Å². The van der Waals surface area contributed by atoms with Crippen LogP contribution in [0.15, 0.2) is 30.9 Å². The van der Waals surface area contributed by atoms with Crippen LogP contribution in [0.25, 0.3) is 0 Å². The van der Waals surface area contributed by atoms with Crippen LogP contribution in [0.3, 0.4) is 0 Å². The van der Waals surface area contributed by atoms with Gasteiger partial charge in [-0.3, -0.25) is 4.79 Å². The van der Waals surface area contributed by atoms with Crippen molar-refractivity contribution in [3.63, 3.8) is 0 Å². The average molecular weight is 218 g/mol. The van der Waals surface area contributed by atoms with Crippen LogP contribution >= 0.6 is 0 Å². The molecule has 0 saturated carbocycles. The van der Waals surface area contributed by atoms with Crippen molar-refractivity contribution in [3.05, 3.63) is 42.0 Å². The van der Waals surface area contributed by atoms with Gasteiger partial charge in [0, 0.05) is 11.7 Å². The second-order valence-corrected chi connectivity index (χ2v) is 3.94. The number of nitrogens with two attached hydrogens (primary N) is 1. The van der Waals surface area contributed by atoms with Gasteiger partial charge in [0.05, 0.1) is 5.56 Å². The van der Waals surface area contributed by atoms with Gasteiger partial charge in [0.2, 0.25) is 0 Å². The quantitative estimate of drug-likeness (QED) is 0.601. The Labute approximate surface area is 96.3 Å². The van der Waals surface area contributed by atoms with Gasteiger partial charge in [-0.05, 0) is 31.9 Å². The standard InChI is InChI=1S/C13H18N2O/c1-4-6-10(3)15-13(16)12-9(2)7-5-8-11(12)14/h4-5,7-8,10H,1,6,14H2,2-3H3,(H,15,16). The zero-order valence-corrected chi connectivity index (χ0v) is 9.79. The molecule has 3 nitrogen and oxygen atoms in total. The molecule has 1 aromatic rings. The summed E-state index contributed by atoms with van der Waals surface area (Å²) >= 11 is 0. The second-order valence-electron chi connectivity index (χ2n) is 3.94. The van der Waals surface area contributed by atoms with Crippen molar-refractivity contribution in [2.24, 2.45) is 0 Å². The Morgan fingerprint density at radius 1 is 1.62 bits per heavy atom. The highest BCUT2D eigenvalue weighted by atomic mass is 16.1. The van der Waals surface area contributed by atoms with Crippen LogP contribution in [0.2, 0.25) is 0 Å². The lowest BCUT2D eigenvalue weighted by atomic mass is 10.1. The minimum atomic E-state index is -0.120. The molecule has 0 saturated heterocycles. The molecular formula is C13H18N2O. The summed E-state index contributed by atoms with van der Waals surface area (Å²) in [4.78, 5) is 11.9. The van der Waals surface area contributed by atoms with Gasteiger partial charge in [-0.1, -0.05) is 18.2 Å². The summed E-state index contributed by atoms with van der Waals surface area (Å²) in [5.41, 5.74) is 7.77. The minimum Gasteiger partial charge on any atom is -0.398 e. The first-order chi connectivity index (χ1) is 7.56. The van der Waals surface area contributed by atoms with E-state index in [1.165, 1.54) is 0 Å². The summed E-state index contributed by atoms with van der Waals surface area (Å²) in [5, 5.41) is 2.89. The Kier molecular flexibility index (Phi) is 4.11. The molecule has 1 rings (SSSR count). The number of nitrogen functional groups attached to an aromatic ring is 1. The lowest BCUT2D eigenvalue weighted by Gasteiger charge is -2.14. The van der Waals surface area contributed by atoms with Crippen molar-refractivity contribution < 1.29 is 4.79 Å². The molecule has 0 fully saturated rings. The third-order valence-corrected chi connectivity index (χ3v) is 2.43. The fourth-order valence-corrected chi connectivity index (χ4v) is 1.61. The van der Waals surface area contributed by atoms with E-state index in [1.807, 2.05) is 26.0 Å². The second kappa shape index (κ2) is 5.35. The van der Waals surface area contributed by atoms with E-state index in [1.54, 1.807) is 12.1 Å². The van der Waals surface area contributed by atoms with E-state index in [9.17, 15) is 4.79 Å². The number of rotatable bonds is 4. The summed E-state index contributed by atoms with van der Waals surface area (Å²) in [6, 6.07) is 5.53. The lowest BCUT2D eigenvalue weighted by Crippen LogP contribution is -2.33. The number of hydrogen-bond donors (Lipinski definition) is 2. The van der Waals surface area contributed by atoms with E-state index < -0.39 is 0 Å². The van der Waals surface area contributed by atoms with E-state index in [2.05, 4.69) is 11.9 Å². The smallest absolute Gasteiger partial charge is 0.253 e. The Balaban J connectivity index is 2.84. The van der Waals surface area contributed by atoms with Crippen LogP contribution in [0.1, 0.15) is 29.3 Å². The molecule has 0 aliphatic rings. The average Bonchev–Trinajstić information content (AvgIpc) is 2.17. The molecule has 16 heavy (non-hydrogen) atoms. The van der Waals surface area contributed by atoms with Crippen molar-refractivity contribution in [2.45, 2.75) is 26.3 Å². The van der Waals surface area contributed by atoms with Gasteiger partial charge in [-0.25, -0.2) is 0 Å². The molecule has 0 heterocycles. The van der Waals surface area contributed by atoms with Crippen molar-refractivity contribution in [1.82, 2.24) is 5.32 Å². The molecule has 0 aromatic heterocycles.